The van der Waals surface area contributed by atoms with E-state index in [4.69, 9.17) is 0 Å². The number of aliphatic hydroxyl groups is 4. The summed E-state index contributed by atoms with van der Waals surface area (Å²) in [5, 5.41) is 42.1. The van der Waals surface area contributed by atoms with Gasteiger partial charge in [-0.15, -0.1) is 0 Å². The van der Waals surface area contributed by atoms with Crippen LogP contribution in [0.25, 0.3) is 0 Å². The minimum atomic E-state index is -2.23. The van der Waals surface area contributed by atoms with Gasteiger partial charge in [0, 0.05) is 16.7 Å². The molecule has 0 aromatic rings. The van der Waals surface area contributed by atoms with Gasteiger partial charge >= 0.3 is 0 Å². The van der Waals surface area contributed by atoms with Crippen molar-refractivity contribution in [3.05, 3.63) is 23.8 Å². The van der Waals surface area contributed by atoms with E-state index in [-0.39, 0.29) is 18.6 Å². The van der Waals surface area contributed by atoms with Gasteiger partial charge in [-0.3, -0.25) is 9.59 Å². The Morgan fingerprint density at radius 3 is 2.57 bits per heavy atom. The van der Waals surface area contributed by atoms with Gasteiger partial charge in [-0.05, 0) is 50.7 Å². The van der Waals surface area contributed by atoms with E-state index >= 15 is 4.39 Å². The second-order valence-corrected chi connectivity index (χ2v) is 9.36. The lowest BCUT2D eigenvalue weighted by atomic mass is 9.44. The Balaban J connectivity index is 1.84. The van der Waals surface area contributed by atoms with Crippen molar-refractivity contribution in [3.63, 3.8) is 0 Å². The van der Waals surface area contributed by atoms with Crippen molar-refractivity contribution >= 4 is 11.6 Å². The number of allylic oxidation sites excluding steroid dienone is 4. The number of ketones is 2. The van der Waals surface area contributed by atoms with Crippen LogP contribution in [0, 0.1) is 22.7 Å². The first-order valence-corrected chi connectivity index (χ1v) is 9.82. The van der Waals surface area contributed by atoms with Crippen LogP contribution in [-0.2, 0) is 9.59 Å². The first-order chi connectivity index (χ1) is 13.0. The number of carbonyl (C=O) groups is 2. The van der Waals surface area contributed by atoms with Gasteiger partial charge in [0.05, 0.1) is 12.2 Å². The monoisotopic (exact) mass is 394 g/mol. The van der Waals surface area contributed by atoms with Crippen LogP contribution in [0.4, 0.5) is 4.39 Å². The Labute approximate surface area is 162 Å². The van der Waals surface area contributed by atoms with Crippen LogP contribution >= 0.6 is 0 Å². The Morgan fingerprint density at radius 2 is 1.93 bits per heavy atom. The second kappa shape index (κ2) is 5.81. The predicted octanol–water partition coefficient (Wildman–Crippen LogP) is 0.620. The van der Waals surface area contributed by atoms with Gasteiger partial charge < -0.3 is 20.4 Å². The average Bonchev–Trinajstić information content (AvgIpc) is 2.84. The number of carbonyl (C=O) groups excluding carboxylic acids is 2. The number of hydrogen-bond acceptors (Lipinski definition) is 6. The van der Waals surface area contributed by atoms with Crippen molar-refractivity contribution in [3.8, 4) is 0 Å². The third-order valence-corrected chi connectivity index (χ3v) is 8.43. The van der Waals surface area contributed by atoms with E-state index in [1.54, 1.807) is 13.8 Å². The number of aliphatic hydroxyl groups excluding tert-OH is 3. The summed E-state index contributed by atoms with van der Waals surface area (Å²) in [6, 6.07) is 0. The van der Waals surface area contributed by atoms with Crippen LogP contribution in [0.15, 0.2) is 23.8 Å². The molecule has 4 N–H and O–H groups in total. The lowest BCUT2D eigenvalue weighted by Gasteiger charge is -2.62. The highest BCUT2D eigenvalue weighted by Crippen LogP contribution is 2.69. The topological polar surface area (TPSA) is 115 Å². The summed E-state index contributed by atoms with van der Waals surface area (Å²) < 4.78 is 16.8. The van der Waals surface area contributed by atoms with Crippen molar-refractivity contribution in [2.75, 3.05) is 6.61 Å². The number of Topliss-reactive ketones (excluding diaryl/α,β-unsaturated/α-hetero) is 1. The second-order valence-electron chi connectivity index (χ2n) is 9.36. The number of rotatable bonds is 2. The van der Waals surface area contributed by atoms with Crippen molar-refractivity contribution in [1.82, 2.24) is 0 Å². The van der Waals surface area contributed by atoms with Crippen LogP contribution in [0.2, 0.25) is 0 Å². The molecule has 0 amide bonds. The Bertz CT molecular complexity index is 807. The lowest BCUT2D eigenvalue weighted by Crippen LogP contribution is -2.69. The number of hydrogen-bond donors (Lipinski definition) is 4. The minimum Gasteiger partial charge on any atom is -0.390 e. The summed E-state index contributed by atoms with van der Waals surface area (Å²) in [6.07, 6.45) is 1.93. The summed E-state index contributed by atoms with van der Waals surface area (Å²) in [5.41, 5.74) is -6.12. The summed E-state index contributed by atoms with van der Waals surface area (Å²) in [6.45, 7) is 2.33. The molecule has 4 aliphatic carbocycles. The number of halogens is 1. The van der Waals surface area contributed by atoms with E-state index in [0.29, 0.717) is 18.4 Å². The van der Waals surface area contributed by atoms with Gasteiger partial charge in [0.2, 0.25) is 0 Å². The van der Waals surface area contributed by atoms with Crippen molar-refractivity contribution < 1.29 is 34.4 Å². The molecule has 7 heteroatoms. The average molecular weight is 394 g/mol. The molecular weight excluding hydrogens is 367 g/mol. The quantitative estimate of drug-likeness (QED) is 0.546. The normalized spacial score (nSPS) is 52.5. The number of fused-ring (bicyclic) bond motifs is 5. The molecule has 0 bridgehead atoms. The Kier molecular flexibility index (Phi) is 4.13. The standard InChI is InChI=1S/C21H27FO6/c1-18-6-5-12(24)7-11(18)3-4-13-14-8-15(25)21(28,17(27)10-23)19(14,2)9-16(26)20(13,18)22/h5-7,13-16,23,25-26,28H,3-4,8-10H2,1-2H3/t13-,14-,15-,16+,18+,19+,20+,21+/m1/s1. The van der Waals surface area contributed by atoms with Gasteiger partial charge in [-0.25, -0.2) is 4.39 Å². The zero-order valence-electron chi connectivity index (χ0n) is 16.1. The third-order valence-electron chi connectivity index (χ3n) is 8.43. The molecule has 0 unspecified atom stereocenters. The van der Waals surface area contributed by atoms with Crippen LogP contribution in [0.3, 0.4) is 0 Å². The van der Waals surface area contributed by atoms with Crippen molar-refractivity contribution in [2.24, 2.45) is 22.7 Å². The Hall–Kier alpha value is -1.41. The lowest BCUT2D eigenvalue weighted by molar-refractivity contribution is -0.222. The largest absolute Gasteiger partial charge is 0.390 e. The van der Waals surface area contributed by atoms with E-state index in [2.05, 4.69) is 0 Å². The van der Waals surface area contributed by atoms with Crippen LogP contribution < -0.4 is 0 Å². The van der Waals surface area contributed by atoms with E-state index in [9.17, 15) is 30.0 Å². The molecule has 3 fully saturated rings. The molecule has 28 heavy (non-hydrogen) atoms. The fraction of sp³-hybridized carbons (Fsp3) is 0.714. The summed E-state index contributed by atoms with van der Waals surface area (Å²) in [4.78, 5) is 24.2. The molecule has 4 aliphatic rings. The van der Waals surface area contributed by atoms with Gasteiger partial charge in [-0.1, -0.05) is 18.6 Å². The first-order valence-electron chi connectivity index (χ1n) is 9.82. The Morgan fingerprint density at radius 1 is 1.25 bits per heavy atom. The molecule has 154 valence electrons. The highest BCUT2D eigenvalue weighted by Gasteiger charge is 2.76. The van der Waals surface area contributed by atoms with Crippen LogP contribution in [0.5, 0.6) is 0 Å². The van der Waals surface area contributed by atoms with Crippen molar-refractivity contribution in [1.29, 1.82) is 0 Å². The maximum Gasteiger partial charge on any atom is 0.192 e. The van der Waals surface area contributed by atoms with Gasteiger partial charge in [0.25, 0.3) is 0 Å². The first kappa shape index (κ1) is 19.9. The smallest absolute Gasteiger partial charge is 0.192 e. The van der Waals surface area contributed by atoms with Gasteiger partial charge in [-0.2, -0.15) is 0 Å². The summed E-state index contributed by atoms with van der Waals surface area (Å²) in [7, 11) is 0. The molecule has 0 aromatic carbocycles. The molecular formula is C21H27FO6. The molecule has 4 rings (SSSR count). The van der Waals surface area contributed by atoms with E-state index < -0.39 is 58.5 Å². The third kappa shape index (κ3) is 2.01. The predicted molar refractivity (Wildman–Crippen MR) is 96.8 cm³/mol. The summed E-state index contributed by atoms with van der Waals surface area (Å²) in [5.74, 6) is -2.38. The van der Waals surface area contributed by atoms with Crippen LogP contribution in [-0.4, -0.2) is 62.1 Å². The van der Waals surface area contributed by atoms with Crippen molar-refractivity contribution in [2.45, 2.75) is 63.0 Å². The molecule has 0 spiro atoms. The molecule has 0 aliphatic heterocycles. The molecule has 0 heterocycles. The van der Waals surface area contributed by atoms with Crippen LogP contribution in [0.1, 0.15) is 39.5 Å². The molecule has 0 saturated heterocycles. The van der Waals surface area contributed by atoms with E-state index in [1.807, 2.05) is 0 Å². The van der Waals surface area contributed by atoms with E-state index in [1.165, 1.54) is 18.2 Å². The SMILES string of the molecule is C[C@]12C=CC(=O)C=C1CC[C@@H]1[C@H]3C[C@@H](O)[C@](O)(C(=O)CO)[C@@]3(C)C[C@H](O)[C@@]12F. The maximum atomic E-state index is 16.8. The summed E-state index contributed by atoms with van der Waals surface area (Å²) >= 11 is 0. The zero-order valence-corrected chi connectivity index (χ0v) is 16.1. The molecule has 0 radical (unpaired) electrons. The highest BCUT2D eigenvalue weighted by atomic mass is 19.1. The number of alkyl halides is 1. The molecule has 6 nitrogen and oxygen atoms in total. The highest BCUT2D eigenvalue weighted by molar-refractivity contribution is 6.01. The van der Waals surface area contributed by atoms with Gasteiger partial charge in [0.1, 0.15) is 6.61 Å². The fourth-order valence-electron chi connectivity index (χ4n) is 6.85. The maximum absolute atomic E-state index is 16.8. The molecule has 0 aromatic heterocycles. The zero-order chi connectivity index (χ0) is 20.7. The molecule has 3 saturated carbocycles. The van der Waals surface area contributed by atoms with E-state index in [0.717, 1.165) is 0 Å². The minimum absolute atomic E-state index is 0.0135. The fourth-order valence-corrected chi connectivity index (χ4v) is 6.85. The molecule has 8 atom stereocenters. The van der Waals surface area contributed by atoms with Gasteiger partial charge in [0.15, 0.2) is 22.8 Å².